The number of quaternary nitrogens is 4. The molecule has 0 unspecified atom stereocenters. The smallest absolute Gasteiger partial charge is 0.520 e. The Morgan fingerprint density at radius 2 is 0.464 bits per heavy atom. The van der Waals surface area contributed by atoms with Gasteiger partial charge in [0, 0.05) is 84.6 Å². The third-order valence-electron chi connectivity index (χ3n) is 2.80. The van der Waals surface area contributed by atoms with Gasteiger partial charge >= 0.3 is 30.2 Å². The maximum absolute atomic E-state index is 6.52. The minimum atomic E-state index is -0.403. The first-order valence-electron chi connectivity index (χ1n) is 9.84. The zero-order valence-electron chi connectivity index (χ0n) is 21.6. The molecule has 0 saturated heterocycles. The Morgan fingerprint density at radius 3 is 0.464 bits per heavy atom. The van der Waals surface area contributed by atoms with Crippen molar-refractivity contribution in [1.29, 1.82) is 0 Å². The third kappa shape index (κ3) is 64.7. The molecule has 0 rings (SSSR count). The van der Waals surface area contributed by atoms with Crippen LogP contribution in [0.1, 0.15) is 0 Å². The molecular weight excluding hydrogens is 347 g/mol. The molecule has 8 nitrogen and oxygen atoms in total. The Hall–Kier alpha value is -1.94. The summed E-state index contributed by atoms with van der Waals surface area (Å²) in [6, 6.07) is 0. The van der Waals surface area contributed by atoms with Gasteiger partial charge in [-0.2, -0.15) is 0 Å². The molecule has 0 aliphatic heterocycles. The van der Waals surface area contributed by atoms with Gasteiger partial charge in [-0.15, -0.1) is 0 Å². The van der Waals surface area contributed by atoms with Gasteiger partial charge in [-0.05, 0) is 0 Å². The molecule has 0 fully saturated rings. The van der Waals surface area contributed by atoms with E-state index >= 15 is 0 Å². The lowest BCUT2D eigenvalue weighted by molar-refractivity contribution is -0.754. The second-order valence-electron chi connectivity index (χ2n) is 12.4. The summed E-state index contributed by atoms with van der Waals surface area (Å²) in [7, 11) is 23.0. The van der Waals surface area contributed by atoms with Crippen LogP contribution in [0.25, 0.3) is 19.0 Å². The lowest BCUT2D eigenvalue weighted by Crippen LogP contribution is -2.36. The van der Waals surface area contributed by atoms with E-state index < -0.39 is 30.2 Å². The van der Waals surface area contributed by atoms with Crippen LogP contribution >= 0.6 is 0 Å². The van der Waals surface area contributed by atoms with Crippen molar-refractivity contribution in [1.82, 2.24) is 0 Å². The fraction of sp³-hybridized carbons (Fsp3) is 0.750. The Morgan fingerprint density at radius 1 is 0.357 bits per heavy atom. The van der Waals surface area contributed by atoms with E-state index in [9.17, 15) is 0 Å². The van der Waals surface area contributed by atoms with Crippen LogP contribution in [-0.4, -0.2) is 132 Å². The number of hydrogen-bond donors (Lipinski definition) is 0. The summed E-state index contributed by atoms with van der Waals surface area (Å²) >= 11 is 0. The normalized spacial score (nSPS) is 10.6. The van der Waals surface area contributed by atoms with Gasteiger partial charge in [0.25, 0.3) is 0 Å². The predicted molar refractivity (Wildman–Crippen MR) is 133 cm³/mol. The summed E-state index contributed by atoms with van der Waals surface area (Å²) in [4.78, 5) is 0. The van der Waals surface area contributed by atoms with Crippen molar-refractivity contribution >= 4 is 30.2 Å². The first-order valence-corrected chi connectivity index (χ1v) is 9.84. The van der Waals surface area contributed by atoms with Crippen molar-refractivity contribution < 1.29 is 17.6 Å². The topological polar surface area (TPSA) is 17.4 Å². The molecule has 0 saturated carbocycles. The molecule has 0 heterocycles. The van der Waals surface area contributed by atoms with Crippen LogP contribution in [0.5, 0.6) is 0 Å². The van der Waals surface area contributed by atoms with Crippen LogP contribution < -0.4 is 0 Å². The van der Waals surface area contributed by atoms with Gasteiger partial charge < -0.3 is 62.9 Å². The van der Waals surface area contributed by atoms with Crippen molar-refractivity contribution in [2.45, 2.75) is 0 Å². The van der Waals surface area contributed by atoms with Crippen LogP contribution in [0.3, 0.4) is 0 Å². The number of nitrogens with zero attached hydrogens (tertiary/aromatic N) is 8. The average molecular weight is 392 g/mol. The third-order valence-corrected chi connectivity index (χ3v) is 2.80. The molecule has 160 valence electrons. The van der Waals surface area contributed by atoms with Gasteiger partial charge in [0.15, 0.2) is 0 Å². The molecular formula is C16H44B4N8. The van der Waals surface area contributed by atoms with Crippen molar-refractivity contribution in [3.63, 3.8) is 0 Å². The summed E-state index contributed by atoms with van der Waals surface area (Å²) in [6.07, 6.45) is 0. The van der Waals surface area contributed by atoms with E-state index in [1.54, 1.807) is 0 Å². The molecule has 28 heavy (non-hydrogen) atoms. The highest BCUT2D eigenvalue weighted by atomic mass is 15.2. The molecule has 0 bridgehead atoms. The highest BCUT2D eigenvalue weighted by molar-refractivity contribution is 6.31. The lowest BCUT2D eigenvalue weighted by Gasteiger charge is -2.24. The summed E-state index contributed by atoms with van der Waals surface area (Å²) < 4.78 is 16.9. The fourth-order valence-electron chi connectivity index (χ4n) is 1.20. The van der Waals surface area contributed by atoms with Crippen LogP contribution in [0.4, 0.5) is 0 Å². The minimum absolute atomic E-state index is 0.403. The van der Waals surface area contributed by atoms with Crippen LogP contribution in [0, 0.1) is 26.3 Å². The molecule has 0 aromatic rings. The highest BCUT2D eigenvalue weighted by Crippen LogP contribution is 1.84. The second-order valence-corrected chi connectivity index (χ2v) is 12.4. The van der Waals surface area contributed by atoms with E-state index in [-0.39, 0.29) is 0 Å². The molecule has 0 spiro atoms. The quantitative estimate of drug-likeness (QED) is 0.408. The molecule has 0 atom stereocenters. The average Bonchev–Trinajstić information content (AvgIpc) is 2.34. The SMILES string of the molecule is [C-]#[N+][BH2-][N+](C)(C)C.[C-]#[N+][BH2-][N+](C)(C)C.[C-]#[N+][BH2-][N+](C)(C)C.[C-]#[N+][BH2-][N+](C)(C)C. The van der Waals surface area contributed by atoms with Gasteiger partial charge in [-0.1, -0.05) is 0 Å². The summed E-state index contributed by atoms with van der Waals surface area (Å²) in [6.45, 7) is 26.1. The van der Waals surface area contributed by atoms with Crippen molar-refractivity contribution in [3.05, 3.63) is 45.3 Å². The van der Waals surface area contributed by atoms with E-state index in [1.165, 1.54) is 0 Å². The van der Waals surface area contributed by atoms with Crippen LogP contribution in [-0.2, 0) is 0 Å². The minimum Gasteiger partial charge on any atom is -0.520 e. The number of rotatable bonds is 4. The van der Waals surface area contributed by atoms with Gasteiger partial charge in [0.05, 0.1) is 0 Å². The van der Waals surface area contributed by atoms with Gasteiger partial charge in [0.2, 0.25) is 0 Å². The second kappa shape index (κ2) is 16.1. The maximum Gasteiger partial charge on any atom is 0.523 e. The number of hydrogen-bond acceptors (Lipinski definition) is 0. The van der Waals surface area contributed by atoms with E-state index in [2.05, 4.69) is 104 Å². The van der Waals surface area contributed by atoms with Crippen molar-refractivity contribution in [2.75, 3.05) is 84.6 Å². The Kier molecular flexibility index (Phi) is 19.3. The molecule has 0 N–H and O–H groups in total. The molecule has 0 aromatic heterocycles. The molecule has 0 radical (unpaired) electrons. The van der Waals surface area contributed by atoms with Gasteiger partial charge in [-0.25, -0.2) is 0 Å². The van der Waals surface area contributed by atoms with Crippen LogP contribution in [0.15, 0.2) is 0 Å². The Labute approximate surface area is 178 Å². The van der Waals surface area contributed by atoms with E-state index in [0.29, 0.717) is 0 Å². The summed E-state index contributed by atoms with van der Waals surface area (Å²) in [5.74, 6) is 0. The van der Waals surface area contributed by atoms with E-state index in [4.69, 9.17) is 26.3 Å². The predicted octanol–water partition coefficient (Wildman–Crippen LogP) is -1.56. The maximum atomic E-state index is 6.52. The Balaban J connectivity index is -0.000000137. The first-order chi connectivity index (χ1) is 12.2. The Bertz CT molecular complexity index is 451. The summed E-state index contributed by atoms with van der Waals surface area (Å²) in [5, 5.41) is 0. The molecule has 0 aliphatic carbocycles. The van der Waals surface area contributed by atoms with Crippen molar-refractivity contribution in [3.8, 4) is 0 Å². The molecule has 0 aromatic carbocycles. The zero-order chi connectivity index (χ0) is 23.7. The van der Waals surface area contributed by atoms with Crippen LogP contribution in [0.2, 0.25) is 0 Å². The fourth-order valence-corrected chi connectivity index (χ4v) is 1.20. The zero-order valence-corrected chi connectivity index (χ0v) is 21.6. The molecule has 0 amide bonds. The van der Waals surface area contributed by atoms with E-state index in [1.807, 2.05) is 0 Å². The van der Waals surface area contributed by atoms with Gasteiger partial charge in [-0.3, -0.25) is 0 Å². The standard InChI is InChI=1S/4C4H11BN2/c4*1-6-5-7(2,3)4/h4*5H2,2-4H3. The lowest BCUT2D eigenvalue weighted by atomic mass is 10.1. The highest BCUT2D eigenvalue weighted by Gasteiger charge is 2.03. The largest absolute Gasteiger partial charge is 0.523 e. The van der Waals surface area contributed by atoms with Gasteiger partial charge in [0.1, 0.15) is 0 Å². The monoisotopic (exact) mass is 392 g/mol. The summed E-state index contributed by atoms with van der Waals surface area (Å²) in [5.41, 5.74) is 0. The van der Waals surface area contributed by atoms with E-state index in [0.717, 1.165) is 17.6 Å². The molecule has 0 aliphatic rings. The molecule has 12 heteroatoms. The first kappa shape index (κ1) is 33.6. The van der Waals surface area contributed by atoms with Crippen molar-refractivity contribution in [2.24, 2.45) is 0 Å².